The Labute approximate surface area is 103 Å². The number of benzene rings is 1. The molecular formula is C14H22N2O. The van der Waals surface area contributed by atoms with E-state index < -0.39 is 0 Å². The zero-order valence-corrected chi connectivity index (χ0v) is 10.6. The third kappa shape index (κ3) is 3.20. The largest absolute Gasteiger partial charge is 0.491 e. The van der Waals surface area contributed by atoms with Crippen LogP contribution in [0.4, 0.5) is 0 Å². The average molecular weight is 234 g/mol. The van der Waals surface area contributed by atoms with Crippen molar-refractivity contribution < 1.29 is 4.74 Å². The molecule has 0 aliphatic carbocycles. The van der Waals surface area contributed by atoms with Gasteiger partial charge in [-0.15, -0.1) is 0 Å². The minimum atomic E-state index is 0.137. The fourth-order valence-corrected chi connectivity index (χ4v) is 2.30. The molecule has 0 amide bonds. The third-order valence-electron chi connectivity index (χ3n) is 3.24. The molecule has 1 heterocycles. The Bertz CT molecular complexity index is 342. The number of ether oxygens (including phenoxy) is 1. The first-order valence-electron chi connectivity index (χ1n) is 6.39. The minimum absolute atomic E-state index is 0.137. The number of rotatable bonds is 4. The summed E-state index contributed by atoms with van der Waals surface area (Å²) in [5.74, 6) is 1.48. The van der Waals surface area contributed by atoms with Gasteiger partial charge in [-0.1, -0.05) is 12.1 Å². The van der Waals surface area contributed by atoms with Gasteiger partial charge in [0, 0.05) is 6.04 Å². The van der Waals surface area contributed by atoms with Crippen molar-refractivity contribution in [2.75, 3.05) is 13.1 Å². The van der Waals surface area contributed by atoms with Gasteiger partial charge in [-0.3, -0.25) is 0 Å². The van der Waals surface area contributed by atoms with Crippen molar-refractivity contribution in [3.8, 4) is 5.75 Å². The number of hydrogen-bond donors (Lipinski definition) is 2. The summed E-state index contributed by atoms with van der Waals surface area (Å²) in [5.41, 5.74) is 7.47. The van der Waals surface area contributed by atoms with Crippen molar-refractivity contribution in [3.63, 3.8) is 0 Å². The highest BCUT2D eigenvalue weighted by molar-refractivity contribution is 5.29. The van der Waals surface area contributed by atoms with E-state index in [-0.39, 0.29) is 12.1 Å². The molecule has 1 aromatic carbocycles. The van der Waals surface area contributed by atoms with E-state index in [0.29, 0.717) is 5.92 Å². The second-order valence-electron chi connectivity index (χ2n) is 5.01. The molecule has 0 spiro atoms. The second-order valence-corrected chi connectivity index (χ2v) is 5.01. The van der Waals surface area contributed by atoms with Gasteiger partial charge >= 0.3 is 0 Å². The standard InChI is InChI=1S/C14H22N2O/c1-10(2)17-13-5-3-11(4-6-13)14(15)12-7-8-16-9-12/h3-6,10,12,14,16H,7-9,15H2,1-2H3. The smallest absolute Gasteiger partial charge is 0.119 e. The lowest BCUT2D eigenvalue weighted by atomic mass is 9.93. The van der Waals surface area contributed by atoms with E-state index in [1.54, 1.807) is 0 Å². The average Bonchev–Trinajstić information content (AvgIpc) is 2.82. The van der Waals surface area contributed by atoms with Gasteiger partial charge in [-0.25, -0.2) is 0 Å². The first-order valence-corrected chi connectivity index (χ1v) is 6.39. The maximum Gasteiger partial charge on any atom is 0.119 e. The Hall–Kier alpha value is -1.06. The second kappa shape index (κ2) is 5.52. The predicted molar refractivity (Wildman–Crippen MR) is 70.1 cm³/mol. The number of nitrogens with one attached hydrogen (secondary N) is 1. The Morgan fingerprint density at radius 2 is 2.00 bits per heavy atom. The van der Waals surface area contributed by atoms with Gasteiger partial charge in [0.15, 0.2) is 0 Å². The molecule has 17 heavy (non-hydrogen) atoms. The summed E-state index contributed by atoms with van der Waals surface area (Å²) in [6.07, 6.45) is 1.39. The van der Waals surface area contributed by atoms with Crippen molar-refractivity contribution in [1.82, 2.24) is 5.32 Å². The van der Waals surface area contributed by atoms with Crippen molar-refractivity contribution in [3.05, 3.63) is 29.8 Å². The molecule has 3 heteroatoms. The quantitative estimate of drug-likeness (QED) is 0.838. The number of nitrogens with two attached hydrogens (primary N) is 1. The van der Waals surface area contributed by atoms with Gasteiger partial charge in [0.25, 0.3) is 0 Å². The van der Waals surface area contributed by atoms with Crippen molar-refractivity contribution in [2.24, 2.45) is 11.7 Å². The number of hydrogen-bond acceptors (Lipinski definition) is 3. The lowest BCUT2D eigenvalue weighted by molar-refractivity contribution is 0.242. The lowest BCUT2D eigenvalue weighted by Gasteiger charge is -2.19. The first kappa shape index (κ1) is 12.4. The molecule has 3 N–H and O–H groups in total. The summed E-state index contributed by atoms with van der Waals surface area (Å²) in [6, 6.07) is 8.33. The zero-order chi connectivity index (χ0) is 12.3. The van der Waals surface area contributed by atoms with Crippen LogP contribution in [0.5, 0.6) is 5.75 Å². The molecule has 1 fully saturated rings. The fourth-order valence-electron chi connectivity index (χ4n) is 2.30. The van der Waals surface area contributed by atoms with Gasteiger partial charge in [0.2, 0.25) is 0 Å². The van der Waals surface area contributed by atoms with Crippen LogP contribution in [0.15, 0.2) is 24.3 Å². The molecule has 0 radical (unpaired) electrons. The normalized spacial score (nSPS) is 21.8. The van der Waals surface area contributed by atoms with Gasteiger partial charge in [-0.05, 0) is 57.0 Å². The lowest BCUT2D eigenvalue weighted by Crippen LogP contribution is -2.23. The molecule has 0 bridgehead atoms. The van der Waals surface area contributed by atoms with E-state index >= 15 is 0 Å². The van der Waals surface area contributed by atoms with Crippen LogP contribution in [0.3, 0.4) is 0 Å². The summed E-state index contributed by atoms with van der Waals surface area (Å²) in [6.45, 7) is 6.19. The van der Waals surface area contributed by atoms with Crippen LogP contribution < -0.4 is 15.8 Å². The van der Waals surface area contributed by atoms with Crippen LogP contribution >= 0.6 is 0 Å². The van der Waals surface area contributed by atoms with E-state index in [2.05, 4.69) is 17.4 Å². The van der Waals surface area contributed by atoms with E-state index in [4.69, 9.17) is 10.5 Å². The molecule has 1 aliphatic rings. The zero-order valence-electron chi connectivity index (χ0n) is 10.6. The summed E-state index contributed by atoms with van der Waals surface area (Å²) in [7, 11) is 0. The molecule has 2 rings (SSSR count). The van der Waals surface area contributed by atoms with Crippen molar-refractivity contribution in [2.45, 2.75) is 32.4 Å². The molecule has 1 saturated heterocycles. The third-order valence-corrected chi connectivity index (χ3v) is 3.24. The van der Waals surface area contributed by atoms with Gasteiger partial charge in [0.05, 0.1) is 6.10 Å². The summed E-state index contributed by atoms with van der Waals surface area (Å²) in [4.78, 5) is 0. The predicted octanol–water partition coefficient (Wildman–Crippen LogP) is 2.08. The van der Waals surface area contributed by atoms with Crippen LogP contribution in [0, 0.1) is 5.92 Å². The Balaban J connectivity index is 2.01. The van der Waals surface area contributed by atoms with Crippen LogP contribution in [0.2, 0.25) is 0 Å². The maximum atomic E-state index is 6.27. The van der Waals surface area contributed by atoms with Gasteiger partial charge in [-0.2, -0.15) is 0 Å². The molecule has 1 aromatic rings. The van der Waals surface area contributed by atoms with E-state index in [1.807, 2.05) is 26.0 Å². The van der Waals surface area contributed by atoms with E-state index in [0.717, 1.165) is 18.8 Å². The van der Waals surface area contributed by atoms with Gasteiger partial charge in [0.1, 0.15) is 5.75 Å². The molecule has 3 nitrogen and oxygen atoms in total. The van der Waals surface area contributed by atoms with Crippen LogP contribution in [-0.2, 0) is 0 Å². The Morgan fingerprint density at radius 3 is 2.53 bits per heavy atom. The molecular weight excluding hydrogens is 212 g/mol. The maximum absolute atomic E-state index is 6.27. The monoisotopic (exact) mass is 234 g/mol. The van der Waals surface area contributed by atoms with E-state index in [1.165, 1.54) is 12.0 Å². The van der Waals surface area contributed by atoms with Crippen molar-refractivity contribution in [1.29, 1.82) is 0 Å². The highest BCUT2D eigenvalue weighted by Gasteiger charge is 2.22. The Kier molecular flexibility index (Phi) is 4.02. The Morgan fingerprint density at radius 1 is 1.29 bits per heavy atom. The summed E-state index contributed by atoms with van der Waals surface area (Å²) >= 11 is 0. The van der Waals surface area contributed by atoms with E-state index in [9.17, 15) is 0 Å². The molecule has 2 unspecified atom stereocenters. The van der Waals surface area contributed by atoms with Crippen molar-refractivity contribution >= 4 is 0 Å². The van der Waals surface area contributed by atoms with Gasteiger partial charge < -0.3 is 15.8 Å². The summed E-state index contributed by atoms with van der Waals surface area (Å²) < 4.78 is 5.62. The molecule has 94 valence electrons. The molecule has 2 atom stereocenters. The molecule has 0 saturated carbocycles. The summed E-state index contributed by atoms with van der Waals surface area (Å²) in [5, 5.41) is 3.36. The molecule has 0 aromatic heterocycles. The highest BCUT2D eigenvalue weighted by atomic mass is 16.5. The minimum Gasteiger partial charge on any atom is -0.491 e. The fraction of sp³-hybridized carbons (Fsp3) is 0.571. The van der Waals surface area contributed by atoms with Crippen LogP contribution in [-0.4, -0.2) is 19.2 Å². The highest BCUT2D eigenvalue weighted by Crippen LogP contribution is 2.26. The molecule has 1 aliphatic heterocycles. The first-order chi connectivity index (χ1) is 8.16. The van der Waals surface area contributed by atoms with Crippen LogP contribution in [0.25, 0.3) is 0 Å². The van der Waals surface area contributed by atoms with Crippen LogP contribution in [0.1, 0.15) is 31.9 Å². The SMILES string of the molecule is CC(C)Oc1ccc(C(N)C2CCNC2)cc1. The topological polar surface area (TPSA) is 47.3 Å².